The molecule has 2 aromatic carbocycles. The van der Waals surface area contributed by atoms with E-state index in [9.17, 15) is 28.8 Å². The van der Waals surface area contributed by atoms with Crippen molar-refractivity contribution in [3.05, 3.63) is 95.1 Å². The van der Waals surface area contributed by atoms with Crippen molar-refractivity contribution in [1.29, 1.82) is 0 Å². The standard InChI is InChI=1S/C58H74N8O8/c1-37(59-3)53(67)61-49(39-21-9-7-10-22-39)57(71)65-31-19-29-45(65)55(69)63-51-43-27-15-13-25-41(43)35-47(51)73-33-17-5-6-18-34-74-48-36-42-26-14-16-28-44(42)52(48)64-56(70)46-30-20-32-66(46)58(72)50(40-23-11-8-12-24-40)62-54(68)38(2)60-4/h13-16,19-20,25-30,37-40,45-52,59-60H,7-12,21-24,31-36H2,1-4H3,(H,61,67)(H,62,68)(H,63,69)(H,64,70)/t37-,38-,45-,46-,47+,48+,49-,50-,51-,52-/m0/s1. The fourth-order valence-electron chi connectivity index (χ4n) is 11.5. The molecule has 6 amide bonds. The van der Waals surface area contributed by atoms with Crippen LogP contribution in [0.2, 0.25) is 0 Å². The van der Waals surface area contributed by atoms with Crippen LogP contribution in [0.1, 0.15) is 112 Å². The van der Waals surface area contributed by atoms with E-state index in [1.54, 1.807) is 49.9 Å². The van der Waals surface area contributed by atoms with Crippen molar-refractivity contribution in [2.75, 3.05) is 40.4 Å². The minimum absolute atomic E-state index is 0.00348. The first-order chi connectivity index (χ1) is 36.0. The summed E-state index contributed by atoms with van der Waals surface area (Å²) in [7, 11) is 3.42. The summed E-state index contributed by atoms with van der Waals surface area (Å²) in [6.07, 6.45) is 17.0. The van der Waals surface area contributed by atoms with Crippen LogP contribution >= 0.6 is 0 Å². The lowest BCUT2D eigenvalue weighted by atomic mass is 9.83. The van der Waals surface area contributed by atoms with E-state index in [1.807, 2.05) is 60.7 Å². The van der Waals surface area contributed by atoms with Crippen LogP contribution in [0.3, 0.4) is 0 Å². The molecule has 16 nitrogen and oxygen atoms in total. The topological polar surface area (TPSA) is 200 Å². The maximum absolute atomic E-state index is 14.3. The molecule has 0 bridgehead atoms. The zero-order valence-corrected chi connectivity index (χ0v) is 43.3. The Morgan fingerprint density at radius 1 is 0.581 bits per heavy atom. The van der Waals surface area contributed by atoms with Crippen molar-refractivity contribution in [3.8, 4) is 23.7 Å². The van der Waals surface area contributed by atoms with E-state index in [2.05, 4.69) is 55.6 Å². The number of rotatable bonds is 18. The highest BCUT2D eigenvalue weighted by molar-refractivity contribution is 5.96. The first-order valence-corrected chi connectivity index (χ1v) is 26.8. The summed E-state index contributed by atoms with van der Waals surface area (Å²) in [6.45, 7) is 4.19. The number of nitrogens with one attached hydrogen (secondary N) is 6. The number of hydrogen-bond acceptors (Lipinski definition) is 10. The highest BCUT2D eigenvalue weighted by atomic mass is 16.5. The van der Waals surface area contributed by atoms with Gasteiger partial charge in [-0.25, -0.2) is 0 Å². The second kappa shape index (κ2) is 25.8. The van der Waals surface area contributed by atoms with E-state index < -0.39 is 60.5 Å². The predicted octanol–water partition coefficient (Wildman–Crippen LogP) is 3.47. The third-order valence-corrected chi connectivity index (χ3v) is 16.0. The molecule has 0 spiro atoms. The fraction of sp³-hybridized carbons (Fsp3) is 0.552. The molecule has 0 saturated heterocycles. The Hall–Kier alpha value is -6.30. The third-order valence-electron chi connectivity index (χ3n) is 16.0. The van der Waals surface area contributed by atoms with Crippen molar-refractivity contribution >= 4 is 35.4 Å². The van der Waals surface area contributed by atoms with Crippen LogP contribution in [0.4, 0.5) is 0 Å². The van der Waals surface area contributed by atoms with Gasteiger partial charge in [0, 0.05) is 25.9 Å². The maximum atomic E-state index is 14.3. The number of carbonyl (C=O) groups is 6. The Morgan fingerprint density at radius 2 is 0.973 bits per heavy atom. The molecule has 16 heteroatoms. The molecule has 2 fully saturated rings. The van der Waals surface area contributed by atoms with E-state index in [0.717, 1.165) is 86.5 Å². The van der Waals surface area contributed by atoms with Crippen LogP contribution < -0.4 is 31.9 Å². The van der Waals surface area contributed by atoms with Gasteiger partial charge in [0.25, 0.3) is 0 Å². The van der Waals surface area contributed by atoms with Gasteiger partial charge in [0.2, 0.25) is 35.4 Å². The fourth-order valence-corrected chi connectivity index (χ4v) is 11.5. The molecular weight excluding hydrogens is 937 g/mol. The zero-order chi connectivity index (χ0) is 52.1. The number of nitrogens with zero attached hydrogens (tertiary/aromatic N) is 2. The molecule has 2 aromatic rings. The lowest BCUT2D eigenvalue weighted by molar-refractivity contribution is -0.143. The Morgan fingerprint density at radius 3 is 1.36 bits per heavy atom. The molecule has 4 aliphatic carbocycles. The molecule has 74 heavy (non-hydrogen) atoms. The van der Waals surface area contributed by atoms with Crippen LogP contribution in [0.25, 0.3) is 0 Å². The molecule has 6 aliphatic rings. The first-order valence-electron chi connectivity index (χ1n) is 26.8. The number of fused-ring (bicyclic) bond motifs is 2. The van der Waals surface area contributed by atoms with Crippen molar-refractivity contribution in [2.45, 2.75) is 151 Å². The molecule has 8 rings (SSSR count). The molecule has 394 valence electrons. The average molecular weight is 1010 g/mol. The molecule has 0 aromatic heterocycles. The minimum atomic E-state index is -0.841. The maximum Gasteiger partial charge on any atom is 0.247 e. The quantitative estimate of drug-likeness (QED) is 0.0951. The summed E-state index contributed by atoms with van der Waals surface area (Å²) in [5.41, 5.74) is 4.00. The van der Waals surface area contributed by atoms with Crippen molar-refractivity contribution < 1.29 is 38.2 Å². The van der Waals surface area contributed by atoms with Gasteiger partial charge >= 0.3 is 0 Å². The largest absolute Gasteiger partial charge is 0.363 e. The van der Waals surface area contributed by atoms with Gasteiger partial charge in [-0.05, 0) is 99.6 Å². The van der Waals surface area contributed by atoms with Crippen LogP contribution in [-0.2, 0) is 51.1 Å². The number of benzene rings is 2. The van der Waals surface area contributed by atoms with Crippen LogP contribution in [0.5, 0.6) is 0 Å². The summed E-state index contributed by atoms with van der Waals surface area (Å²) in [5, 5.41) is 18.4. The van der Waals surface area contributed by atoms with E-state index in [4.69, 9.17) is 9.47 Å². The van der Waals surface area contributed by atoms with Gasteiger partial charge in [-0.3, -0.25) is 28.8 Å². The summed E-state index contributed by atoms with van der Waals surface area (Å²) < 4.78 is 12.6. The van der Waals surface area contributed by atoms with Gasteiger partial charge in [-0.2, -0.15) is 0 Å². The summed E-state index contributed by atoms with van der Waals surface area (Å²) in [6, 6.07) is 10.8. The van der Waals surface area contributed by atoms with Crippen molar-refractivity contribution in [2.24, 2.45) is 11.8 Å². The summed E-state index contributed by atoms with van der Waals surface area (Å²) in [4.78, 5) is 86.2. The molecule has 2 heterocycles. The predicted molar refractivity (Wildman–Crippen MR) is 280 cm³/mol. The monoisotopic (exact) mass is 1010 g/mol. The zero-order valence-electron chi connectivity index (χ0n) is 43.3. The molecule has 0 unspecified atom stereocenters. The molecule has 2 saturated carbocycles. The van der Waals surface area contributed by atoms with E-state index in [1.165, 1.54) is 0 Å². The SMILES string of the molecule is CN[C@@H](C)C(=O)N[C@H](C(=O)N1CC=C[C@H]1C(=O)N[C@H]1c2ccccc2C[C@H]1OCC#CC#CCO[C@@H]1Cc2ccccc2[C@@H]1NC(=O)[C@@H]1C=CCN1C(=O)[C@@H](NC(=O)[C@H](C)NC)C1CCCCC1)C1CCCCC1. The summed E-state index contributed by atoms with van der Waals surface area (Å²) >= 11 is 0. The third kappa shape index (κ3) is 12.8. The molecule has 0 radical (unpaired) electrons. The number of carbonyl (C=O) groups excluding carboxylic acids is 6. The highest BCUT2D eigenvalue weighted by Gasteiger charge is 2.44. The van der Waals surface area contributed by atoms with E-state index in [-0.39, 0.29) is 73.6 Å². The minimum Gasteiger partial charge on any atom is -0.363 e. The smallest absolute Gasteiger partial charge is 0.247 e. The van der Waals surface area contributed by atoms with Gasteiger partial charge in [0.15, 0.2) is 0 Å². The highest BCUT2D eigenvalue weighted by Crippen LogP contribution is 2.36. The Balaban J connectivity index is 0.859. The molecule has 10 atom stereocenters. The van der Waals surface area contributed by atoms with Gasteiger partial charge in [0.05, 0.1) is 36.4 Å². The van der Waals surface area contributed by atoms with E-state index in [0.29, 0.717) is 12.8 Å². The Labute approximate surface area is 436 Å². The molecular formula is C58H74N8O8. The van der Waals surface area contributed by atoms with Crippen LogP contribution in [-0.4, -0.2) is 134 Å². The Kier molecular flexibility index (Phi) is 18.8. The lowest BCUT2D eigenvalue weighted by Gasteiger charge is -2.35. The molecule has 2 aliphatic heterocycles. The molecule has 6 N–H and O–H groups in total. The first kappa shape index (κ1) is 54.0. The summed E-state index contributed by atoms with van der Waals surface area (Å²) in [5.74, 6) is 10.1. The second-order valence-corrected chi connectivity index (χ2v) is 20.6. The lowest BCUT2D eigenvalue weighted by Crippen LogP contribution is -2.58. The van der Waals surface area contributed by atoms with Crippen LogP contribution in [0.15, 0.2) is 72.8 Å². The van der Waals surface area contributed by atoms with Crippen LogP contribution in [0, 0.1) is 35.5 Å². The Bertz CT molecular complexity index is 2370. The van der Waals surface area contributed by atoms with Gasteiger partial charge in [0.1, 0.15) is 37.4 Å². The number of ether oxygens (including phenoxy) is 2. The second-order valence-electron chi connectivity index (χ2n) is 20.6. The van der Waals surface area contributed by atoms with Gasteiger partial charge in [-0.15, -0.1) is 0 Å². The number of hydrogen-bond donors (Lipinski definition) is 6. The number of amides is 6. The van der Waals surface area contributed by atoms with Gasteiger partial charge in [-0.1, -0.05) is 123 Å². The number of likely N-dealkylation sites (N-methyl/N-ethyl adjacent to an activating group) is 2. The van der Waals surface area contributed by atoms with E-state index >= 15 is 0 Å². The van der Waals surface area contributed by atoms with Crippen molar-refractivity contribution in [1.82, 2.24) is 41.7 Å². The average Bonchev–Trinajstić information content (AvgIpc) is 4.26. The van der Waals surface area contributed by atoms with Crippen molar-refractivity contribution in [3.63, 3.8) is 0 Å². The van der Waals surface area contributed by atoms with Gasteiger partial charge < -0.3 is 51.2 Å². The normalized spacial score (nSPS) is 24.8.